The highest BCUT2D eigenvalue weighted by molar-refractivity contribution is 6.32. The van der Waals surface area contributed by atoms with Gasteiger partial charge in [-0.1, -0.05) is 11.6 Å². The first-order valence-corrected chi connectivity index (χ1v) is 7.16. The third kappa shape index (κ3) is 2.56. The number of carbonyl (C=O) groups is 1. The molecule has 1 fully saturated rings. The highest BCUT2D eigenvalue weighted by atomic mass is 35.5. The lowest BCUT2D eigenvalue weighted by atomic mass is 10.3. The molecule has 0 bridgehead atoms. The van der Waals surface area contributed by atoms with E-state index in [2.05, 4.69) is 10.1 Å². The Morgan fingerprint density at radius 2 is 2.32 bits per heavy atom. The number of halogens is 3. The van der Waals surface area contributed by atoms with Crippen molar-refractivity contribution in [2.45, 2.75) is 19.3 Å². The molecule has 2 aromatic rings. The highest BCUT2D eigenvalue weighted by Crippen LogP contribution is 2.50. The van der Waals surface area contributed by atoms with Gasteiger partial charge in [0.2, 0.25) is 5.91 Å². The topological polar surface area (TPSA) is 51.0 Å². The standard InChI is InChI=1S/C14H13ClF2N4O/c1-2-20(13(22)10-6-14(10,16)17)11-8-21(19-12(11)15)9-4-3-5-18-7-9/h3-5,7-8,10H,2,6H2,1H3. The van der Waals surface area contributed by atoms with Crippen LogP contribution in [-0.4, -0.2) is 33.1 Å². The third-order valence-corrected chi connectivity index (χ3v) is 3.83. The van der Waals surface area contributed by atoms with Gasteiger partial charge >= 0.3 is 0 Å². The zero-order valence-electron chi connectivity index (χ0n) is 11.7. The van der Waals surface area contributed by atoms with Crippen LogP contribution in [0.15, 0.2) is 30.7 Å². The number of amides is 1. The average molecular weight is 327 g/mol. The third-order valence-electron chi connectivity index (χ3n) is 3.56. The maximum absolute atomic E-state index is 13.1. The van der Waals surface area contributed by atoms with Gasteiger partial charge in [-0.2, -0.15) is 5.10 Å². The Morgan fingerprint density at radius 3 is 2.86 bits per heavy atom. The molecule has 2 heterocycles. The van der Waals surface area contributed by atoms with Gasteiger partial charge in [-0.05, 0) is 19.1 Å². The second-order valence-corrected chi connectivity index (χ2v) is 5.42. The van der Waals surface area contributed by atoms with E-state index in [1.165, 1.54) is 9.58 Å². The number of aromatic nitrogens is 3. The molecule has 0 spiro atoms. The first-order chi connectivity index (χ1) is 10.4. The van der Waals surface area contributed by atoms with Gasteiger partial charge in [0.1, 0.15) is 11.6 Å². The van der Waals surface area contributed by atoms with E-state index in [-0.39, 0.29) is 11.7 Å². The number of hydrogen-bond acceptors (Lipinski definition) is 3. The molecule has 2 aromatic heterocycles. The Bertz CT molecular complexity index is 704. The molecule has 5 nitrogen and oxygen atoms in total. The summed E-state index contributed by atoms with van der Waals surface area (Å²) in [6, 6.07) is 3.51. The van der Waals surface area contributed by atoms with Crippen molar-refractivity contribution < 1.29 is 13.6 Å². The molecule has 22 heavy (non-hydrogen) atoms. The van der Waals surface area contributed by atoms with Gasteiger partial charge in [0.25, 0.3) is 5.92 Å². The molecule has 1 atom stereocenters. The van der Waals surface area contributed by atoms with Gasteiger partial charge in [0.15, 0.2) is 5.15 Å². The maximum Gasteiger partial charge on any atom is 0.260 e. The van der Waals surface area contributed by atoms with Crippen LogP contribution in [0.4, 0.5) is 14.5 Å². The summed E-state index contributed by atoms with van der Waals surface area (Å²) in [4.78, 5) is 17.4. The van der Waals surface area contributed by atoms with Gasteiger partial charge in [-0.25, -0.2) is 13.5 Å². The minimum atomic E-state index is -2.91. The molecule has 1 saturated carbocycles. The summed E-state index contributed by atoms with van der Waals surface area (Å²) in [5, 5.41) is 4.20. The number of nitrogens with zero attached hydrogens (tertiary/aromatic N) is 4. The summed E-state index contributed by atoms with van der Waals surface area (Å²) in [6.45, 7) is 1.94. The zero-order chi connectivity index (χ0) is 15.9. The summed E-state index contributed by atoms with van der Waals surface area (Å²) >= 11 is 6.07. The highest BCUT2D eigenvalue weighted by Gasteiger charge is 2.62. The van der Waals surface area contributed by atoms with Crippen molar-refractivity contribution in [1.29, 1.82) is 0 Å². The first kappa shape index (κ1) is 14.9. The normalized spacial score (nSPS) is 19.0. The second-order valence-electron chi connectivity index (χ2n) is 5.06. The molecule has 1 amide bonds. The zero-order valence-corrected chi connectivity index (χ0v) is 12.5. The van der Waals surface area contributed by atoms with Gasteiger partial charge < -0.3 is 4.90 Å². The van der Waals surface area contributed by atoms with Crippen LogP contribution in [0.3, 0.4) is 0 Å². The van der Waals surface area contributed by atoms with Crippen molar-refractivity contribution in [3.63, 3.8) is 0 Å². The van der Waals surface area contributed by atoms with E-state index in [1.54, 1.807) is 37.6 Å². The Balaban J connectivity index is 1.90. The van der Waals surface area contributed by atoms with Crippen LogP contribution in [0.5, 0.6) is 0 Å². The molecule has 1 unspecified atom stereocenters. The van der Waals surface area contributed by atoms with E-state index >= 15 is 0 Å². The van der Waals surface area contributed by atoms with E-state index in [4.69, 9.17) is 11.6 Å². The van der Waals surface area contributed by atoms with Crippen LogP contribution < -0.4 is 4.90 Å². The molecule has 0 aromatic carbocycles. The van der Waals surface area contributed by atoms with Crippen LogP contribution in [0.1, 0.15) is 13.3 Å². The monoisotopic (exact) mass is 326 g/mol. The smallest absolute Gasteiger partial charge is 0.260 e. The van der Waals surface area contributed by atoms with E-state index in [0.29, 0.717) is 11.4 Å². The minimum Gasteiger partial charge on any atom is -0.308 e. The van der Waals surface area contributed by atoms with E-state index < -0.39 is 24.2 Å². The fraction of sp³-hybridized carbons (Fsp3) is 0.357. The molecule has 3 rings (SSSR count). The molecular formula is C14H13ClF2N4O. The van der Waals surface area contributed by atoms with Gasteiger partial charge in [-0.3, -0.25) is 9.78 Å². The number of alkyl halides is 2. The van der Waals surface area contributed by atoms with E-state index in [1.807, 2.05) is 0 Å². The summed E-state index contributed by atoms with van der Waals surface area (Å²) in [5.74, 6) is -4.79. The molecule has 116 valence electrons. The van der Waals surface area contributed by atoms with Crippen molar-refractivity contribution >= 4 is 23.2 Å². The molecule has 1 aliphatic rings. The Labute approximate surface area is 130 Å². The first-order valence-electron chi connectivity index (χ1n) is 6.79. The number of carbonyl (C=O) groups excluding carboxylic acids is 1. The minimum absolute atomic E-state index is 0.0861. The van der Waals surface area contributed by atoms with Crippen LogP contribution in [0.2, 0.25) is 5.15 Å². The summed E-state index contributed by atoms with van der Waals surface area (Å²) in [7, 11) is 0. The van der Waals surface area contributed by atoms with Crippen molar-refractivity contribution in [2.24, 2.45) is 5.92 Å². The second kappa shape index (κ2) is 5.31. The van der Waals surface area contributed by atoms with Gasteiger partial charge in [-0.15, -0.1) is 0 Å². The lowest BCUT2D eigenvalue weighted by Gasteiger charge is -2.19. The molecular weight excluding hydrogens is 314 g/mol. The van der Waals surface area contributed by atoms with Crippen molar-refractivity contribution in [3.8, 4) is 5.69 Å². The van der Waals surface area contributed by atoms with Crippen LogP contribution in [-0.2, 0) is 4.79 Å². The van der Waals surface area contributed by atoms with Crippen LogP contribution >= 0.6 is 11.6 Å². The summed E-state index contributed by atoms with van der Waals surface area (Å²) in [6.07, 6.45) is 4.34. The molecule has 1 aliphatic carbocycles. The maximum atomic E-state index is 13.1. The average Bonchev–Trinajstić information content (AvgIpc) is 2.97. The molecule has 0 radical (unpaired) electrons. The quantitative estimate of drug-likeness (QED) is 0.868. The lowest BCUT2D eigenvalue weighted by molar-refractivity contribution is -0.121. The predicted octanol–water partition coefficient (Wildman–Crippen LogP) is 2.93. The van der Waals surface area contributed by atoms with Crippen LogP contribution in [0.25, 0.3) is 5.69 Å². The number of rotatable bonds is 4. The number of hydrogen-bond donors (Lipinski definition) is 0. The van der Waals surface area contributed by atoms with Crippen LogP contribution in [0, 0.1) is 5.92 Å². The molecule has 0 aliphatic heterocycles. The number of anilines is 1. The molecule has 0 saturated heterocycles. The Morgan fingerprint density at radius 1 is 1.59 bits per heavy atom. The van der Waals surface area contributed by atoms with Crippen molar-refractivity contribution in [1.82, 2.24) is 14.8 Å². The lowest BCUT2D eigenvalue weighted by Crippen LogP contribution is -2.33. The van der Waals surface area contributed by atoms with E-state index in [0.717, 1.165) is 0 Å². The van der Waals surface area contributed by atoms with Crippen molar-refractivity contribution in [2.75, 3.05) is 11.4 Å². The largest absolute Gasteiger partial charge is 0.308 e. The number of pyridine rings is 1. The fourth-order valence-electron chi connectivity index (χ4n) is 2.26. The van der Waals surface area contributed by atoms with Crippen molar-refractivity contribution in [3.05, 3.63) is 35.9 Å². The molecule has 0 N–H and O–H groups in total. The van der Waals surface area contributed by atoms with E-state index in [9.17, 15) is 13.6 Å². The molecule has 8 heteroatoms. The Kier molecular flexibility index (Phi) is 3.60. The predicted molar refractivity (Wildman–Crippen MR) is 77.5 cm³/mol. The fourth-order valence-corrected chi connectivity index (χ4v) is 2.49. The Hall–Kier alpha value is -2.02. The summed E-state index contributed by atoms with van der Waals surface area (Å²) in [5.41, 5.74) is 0.983. The van der Waals surface area contributed by atoms with Gasteiger partial charge in [0, 0.05) is 19.2 Å². The summed E-state index contributed by atoms with van der Waals surface area (Å²) < 4.78 is 27.7. The van der Waals surface area contributed by atoms with Gasteiger partial charge in [0.05, 0.1) is 18.1 Å². The SMILES string of the molecule is CCN(C(=O)C1CC1(F)F)c1cn(-c2cccnc2)nc1Cl.